The molecule has 22 heavy (non-hydrogen) atoms. The van der Waals surface area contributed by atoms with E-state index in [0.29, 0.717) is 5.56 Å². The first-order chi connectivity index (χ1) is 9.68. The summed E-state index contributed by atoms with van der Waals surface area (Å²) in [4.78, 5) is -5.08. The Hall–Kier alpha value is -0.751. The van der Waals surface area contributed by atoms with E-state index in [-0.39, 0.29) is 5.41 Å². The molecule has 0 fully saturated rings. The fourth-order valence-corrected chi connectivity index (χ4v) is 3.29. The van der Waals surface area contributed by atoms with Crippen molar-refractivity contribution in [3.05, 3.63) is 35.4 Å². The summed E-state index contributed by atoms with van der Waals surface area (Å²) in [5.41, 5.74) is 1.05. The molecule has 0 aliphatic heterocycles. The molecule has 1 rings (SSSR count). The van der Waals surface area contributed by atoms with Gasteiger partial charge in [0.05, 0.1) is 0 Å². The van der Waals surface area contributed by atoms with Crippen LogP contribution in [0.2, 0.25) is 0 Å². The fourth-order valence-electron chi connectivity index (χ4n) is 1.53. The summed E-state index contributed by atoms with van der Waals surface area (Å²) in [6, 6.07) is 6.27. The van der Waals surface area contributed by atoms with Crippen molar-refractivity contribution >= 4 is 15.0 Å². The number of hydrogen-bond donors (Lipinski definition) is 0. The molecule has 8 heteroatoms. The molecule has 1 aromatic carbocycles. The van der Waals surface area contributed by atoms with Gasteiger partial charge < -0.3 is 0 Å². The summed E-state index contributed by atoms with van der Waals surface area (Å²) in [5.74, 6) is -6.01. The van der Waals surface area contributed by atoms with Gasteiger partial charge in [0, 0.05) is 0 Å². The van der Waals surface area contributed by atoms with E-state index in [2.05, 4.69) is 0 Å². The maximum absolute atomic E-state index is 13.2. The van der Waals surface area contributed by atoms with Crippen molar-refractivity contribution < 1.29 is 30.7 Å². The van der Waals surface area contributed by atoms with Crippen LogP contribution in [0.25, 0.3) is 0 Å². The Balaban J connectivity index is 2.81. The third-order valence-corrected chi connectivity index (χ3v) is 5.26. The molecule has 0 saturated carbocycles. The van der Waals surface area contributed by atoms with Gasteiger partial charge in [0.2, 0.25) is 0 Å². The van der Waals surface area contributed by atoms with Gasteiger partial charge in [-0.15, -0.1) is 0 Å². The molecule has 0 aliphatic carbocycles. The molecule has 126 valence electrons. The first-order valence-electron chi connectivity index (χ1n) is 6.24. The van der Waals surface area contributed by atoms with Crippen molar-refractivity contribution in [2.75, 3.05) is 0 Å². The summed E-state index contributed by atoms with van der Waals surface area (Å²) in [6.07, 6.45) is -6.26. The van der Waals surface area contributed by atoms with E-state index >= 15 is 0 Å². The van der Waals surface area contributed by atoms with Crippen LogP contribution in [0.1, 0.15) is 31.9 Å². The summed E-state index contributed by atoms with van der Waals surface area (Å²) in [5, 5.41) is -0.504. The first kappa shape index (κ1) is 19.3. The van der Waals surface area contributed by atoms with E-state index in [1.54, 1.807) is 12.1 Å². The van der Waals surface area contributed by atoms with Gasteiger partial charge in [-0.25, -0.2) is 0 Å². The van der Waals surface area contributed by atoms with Gasteiger partial charge >= 0.3 is 130 Å². The van der Waals surface area contributed by atoms with Crippen molar-refractivity contribution in [3.8, 4) is 0 Å². The number of rotatable bonds is 4. The van der Waals surface area contributed by atoms with Gasteiger partial charge in [0.1, 0.15) is 0 Å². The van der Waals surface area contributed by atoms with Gasteiger partial charge in [-0.1, -0.05) is 0 Å². The normalized spacial score (nSPS) is 14.3. The molecule has 0 aliphatic rings. The van der Waals surface area contributed by atoms with Gasteiger partial charge in [-0.3, -0.25) is 0 Å². The average Bonchev–Trinajstić information content (AvgIpc) is 2.34. The van der Waals surface area contributed by atoms with Crippen molar-refractivity contribution in [3.63, 3.8) is 0 Å². The monoisotopic (exact) mass is 396 g/mol. The minimum absolute atomic E-state index is 0.170. The van der Waals surface area contributed by atoms with Gasteiger partial charge in [0.25, 0.3) is 0 Å². The van der Waals surface area contributed by atoms with Crippen LogP contribution in [0.4, 0.5) is 30.7 Å². The third kappa shape index (κ3) is 4.16. The van der Waals surface area contributed by atoms with E-state index in [1.165, 1.54) is 12.1 Å². The zero-order valence-corrected chi connectivity index (χ0v) is 13.8. The molecule has 0 atom stereocenters. The summed E-state index contributed by atoms with van der Waals surface area (Å²) >= 11 is -2.21. The minimum atomic E-state index is -6.26. The van der Waals surface area contributed by atoms with Crippen LogP contribution in [0.5, 0.6) is 0 Å². The predicted octanol–water partition coefficient (Wildman–Crippen LogP) is 4.98. The van der Waals surface area contributed by atoms with E-state index in [9.17, 15) is 30.7 Å². The summed E-state index contributed by atoms with van der Waals surface area (Å²) in [7, 11) is 0. The number of alkyl halides is 7. The zero-order valence-electron chi connectivity index (χ0n) is 12.1. The van der Waals surface area contributed by atoms with Crippen LogP contribution in [-0.4, -0.2) is 31.9 Å². The van der Waals surface area contributed by atoms with E-state index in [4.69, 9.17) is 0 Å². The van der Waals surface area contributed by atoms with Crippen molar-refractivity contribution in [2.45, 2.75) is 48.4 Å². The van der Waals surface area contributed by atoms with Crippen molar-refractivity contribution in [1.82, 2.24) is 0 Å². The Bertz CT molecular complexity index is 497. The fraction of sp³-hybridized carbons (Fsp3) is 0.571. The number of halogens is 7. The Morgan fingerprint density at radius 1 is 0.818 bits per heavy atom. The SMILES string of the molecule is CC(C)(C)c1ccc(C[Se]C(F)(F)C(F)(F)C(F)(F)F)cc1. The summed E-state index contributed by atoms with van der Waals surface area (Å²) in [6.45, 7) is 5.80. The van der Waals surface area contributed by atoms with Crippen LogP contribution in [-0.2, 0) is 10.7 Å². The molecule has 0 radical (unpaired) electrons. The third-order valence-electron chi connectivity index (χ3n) is 2.96. The van der Waals surface area contributed by atoms with Gasteiger partial charge in [0.15, 0.2) is 0 Å². The van der Waals surface area contributed by atoms with Crippen LogP contribution in [0.15, 0.2) is 24.3 Å². The van der Waals surface area contributed by atoms with Gasteiger partial charge in [-0.05, 0) is 0 Å². The first-order valence-corrected chi connectivity index (χ1v) is 8.31. The van der Waals surface area contributed by atoms with Crippen LogP contribution < -0.4 is 0 Å². The zero-order chi connectivity index (χ0) is 17.4. The second-order valence-corrected chi connectivity index (χ2v) is 8.11. The molecule has 0 saturated heterocycles. The molecule has 0 heterocycles. The van der Waals surface area contributed by atoms with Crippen molar-refractivity contribution in [1.29, 1.82) is 0 Å². The molecule has 0 aromatic heterocycles. The second-order valence-electron chi connectivity index (χ2n) is 5.82. The van der Waals surface area contributed by atoms with Crippen LogP contribution in [0.3, 0.4) is 0 Å². The van der Waals surface area contributed by atoms with Crippen LogP contribution in [0, 0.1) is 0 Å². The molecular formula is C14H15F7Se. The van der Waals surface area contributed by atoms with Gasteiger partial charge in [-0.2, -0.15) is 0 Å². The van der Waals surface area contributed by atoms with Crippen molar-refractivity contribution in [2.24, 2.45) is 0 Å². The second kappa shape index (κ2) is 6.04. The molecule has 0 unspecified atom stereocenters. The predicted molar refractivity (Wildman–Crippen MR) is 70.5 cm³/mol. The number of benzene rings is 1. The standard InChI is InChI=1S/C14H15F7Se/c1-11(2,3)10-6-4-9(5-7-10)8-22-14(20,21)12(15,16)13(17,18)19/h4-7H,8H2,1-3H3. The molecule has 0 bridgehead atoms. The van der Waals surface area contributed by atoms with E-state index in [0.717, 1.165) is 5.56 Å². The maximum atomic E-state index is 13.2. The van der Waals surface area contributed by atoms with Crippen LogP contribution >= 0.6 is 0 Å². The topological polar surface area (TPSA) is 0 Å². The molecule has 0 amide bonds. The number of hydrogen-bond acceptors (Lipinski definition) is 0. The van der Waals surface area contributed by atoms with E-state index < -0.39 is 37.2 Å². The Morgan fingerprint density at radius 2 is 1.27 bits per heavy atom. The molecule has 0 spiro atoms. The average molecular weight is 395 g/mol. The summed E-state index contributed by atoms with van der Waals surface area (Å²) < 4.78 is 88.0. The van der Waals surface area contributed by atoms with E-state index in [1.807, 2.05) is 20.8 Å². The molecule has 1 aromatic rings. The molecule has 0 N–H and O–H groups in total. The Kier molecular flexibility index (Phi) is 5.30. The quantitative estimate of drug-likeness (QED) is 0.499. The Labute approximate surface area is 130 Å². The molecular weight excluding hydrogens is 380 g/mol. The molecule has 0 nitrogen and oxygen atoms in total. The Morgan fingerprint density at radius 3 is 1.64 bits per heavy atom.